The van der Waals surface area contributed by atoms with Crippen LogP contribution in [0, 0.1) is 13.8 Å². The van der Waals surface area contributed by atoms with Crippen LogP contribution < -0.4 is 5.32 Å². The summed E-state index contributed by atoms with van der Waals surface area (Å²) in [4.78, 5) is 12.6. The number of hydrogen-bond acceptors (Lipinski definition) is 3. The van der Waals surface area contributed by atoms with E-state index in [1.807, 2.05) is 50.2 Å². The number of aromatic nitrogens is 1. The first-order valence-corrected chi connectivity index (χ1v) is 9.37. The predicted molar refractivity (Wildman–Crippen MR) is 107 cm³/mol. The topological polar surface area (TPSA) is 55.1 Å². The van der Waals surface area contributed by atoms with Crippen molar-refractivity contribution < 1.29 is 9.32 Å². The third kappa shape index (κ3) is 4.64. The van der Waals surface area contributed by atoms with Crippen LogP contribution in [-0.4, -0.2) is 17.1 Å². The van der Waals surface area contributed by atoms with E-state index >= 15 is 0 Å². The molecule has 27 heavy (non-hydrogen) atoms. The maximum absolute atomic E-state index is 12.6. The lowest BCUT2D eigenvalue weighted by Gasteiger charge is -2.26. The highest BCUT2D eigenvalue weighted by atomic mass is 16.5. The van der Waals surface area contributed by atoms with Crippen LogP contribution in [0.25, 0.3) is 0 Å². The summed E-state index contributed by atoms with van der Waals surface area (Å²) in [5.41, 5.74) is 4.28. The lowest BCUT2D eigenvalue weighted by Crippen LogP contribution is -2.37. The molecular weight excluding hydrogens is 336 g/mol. The second-order valence-corrected chi connectivity index (χ2v) is 6.96. The van der Waals surface area contributed by atoms with E-state index in [0.29, 0.717) is 12.8 Å². The summed E-state index contributed by atoms with van der Waals surface area (Å²) in [5, 5.41) is 7.14. The van der Waals surface area contributed by atoms with Gasteiger partial charge in [0.05, 0.1) is 5.69 Å². The van der Waals surface area contributed by atoms with Crippen LogP contribution in [0.2, 0.25) is 0 Å². The molecule has 3 aromatic rings. The maximum Gasteiger partial charge on any atom is 0.220 e. The van der Waals surface area contributed by atoms with Crippen LogP contribution in [0.15, 0.2) is 65.2 Å². The highest BCUT2D eigenvalue weighted by molar-refractivity contribution is 5.76. The third-order valence-electron chi connectivity index (χ3n) is 4.99. The zero-order chi connectivity index (χ0) is 19.2. The number of benzene rings is 2. The Hall–Kier alpha value is -2.88. The second-order valence-electron chi connectivity index (χ2n) is 6.96. The molecule has 0 bridgehead atoms. The highest BCUT2D eigenvalue weighted by Crippen LogP contribution is 2.28. The van der Waals surface area contributed by atoms with Crippen LogP contribution >= 0.6 is 0 Å². The monoisotopic (exact) mass is 362 g/mol. The van der Waals surface area contributed by atoms with E-state index in [0.717, 1.165) is 17.0 Å². The van der Waals surface area contributed by atoms with Crippen molar-refractivity contribution in [2.24, 2.45) is 0 Å². The Morgan fingerprint density at radius 3 is 2.04 bits per heavy atom. The summed E-state index contributed by atoms with van der Waals surface area (Å²) in [7, 11) is 0. The van der Waals surface area contributed by atoms with Gasteiger partial charge in [-0.3, -0.25) is 4.79 Å². The largest absolute Gasteiger partial charge is 0.361 e. The van der Waals surface area contributed by atoms with Gasteiger partial charge in [0.15, 0.2) is 0 Å². The fourth-order valence-electron chi connectivity index (χ4n) is 3.60. The van der Waals surface area contributed by atoms with Crippen molar-refractivity contribution in [1.82, 2.24) is 10.5 Å². The summed E-state index contributed by atoms with van der Waals surface area (Å²) in [5.74, 6) is 0.939. The Morgan fingerprint density at radius 1 is 1.00 bits per heavy atom. The van der Waals surface area contributed by atoms with Crippen LogP contribution in [0.5, 0.6) is 0 Å². The molecule has 1 amide bonds. The van der Waals surface area contributed by atoms with Gasteiger partial charge in [-0.2, -0.15) is 0 Å². The molecule has 1 N–H and O–H groups in total. The number of rotatable bonds is 7. The van der Waals surface area contributed by atoms with E-state index in [2.05, 4.69) is 41.7 Å². The van der Waals surface area contributed by atoms with E-state index in [9.17, 15) is 4.79 Å². The van der Waals surface area contributed by atoms with Crippen LogP contribution in [0.4, 0.5) is 0 Å². The van der Waals surface area contributed by atoms with Crippen molar-refractivity contribution in [2.75, 3.05) is 0 Å². The molecule has 0 spiro atoms. The van der Waals surface area contributed by atoms with E-state index in [1.165, 1.54) is 11.1 Å². The first-order valence-electron chi connectivity index (χ1n) is 9.37. The van der Waals surface area contributed by atoms with E-state index in [-0.39, 0.29) is 17.9 Å². The minimum atomic E-state index is -0.0213. The Labute approximate surface area is 160 Å². The van der Waals surface area contributed by atoms with Gasteiger partial charge in [-0.15, -0.1) is 0 Å². The zero-order valence-electron chi connectivity index (χ0n) is 16.1. The molecule has 2 aromatic carbocycles. The van der Waals surface area contributed by atoms with Crippen LogP contribution in [-0.2, 0) is 11.2 Å². The van der Waals surface area contributed by atoms with Crippen molar-refractivity contribution in [3.63, 3.8) is 0 Å². The standard InChI is InChI=1S/C23H26N2O2/c1-16-21(18(3)27-25-16)14-15-22(26)24-17(2)23(19-10-6-4-7-11-19)20-12-8-5-9-13-20/h4-13,17,23H,14-15H2,1-3H3,(H,24,26). The molecule has 0 saturated heterocycles. The zero-order valence-corrected chi connectivity index (χ0v) is 16.1. The summed E-state index contributed by atoms with van der Waals surface area (Å²) in [6, 6.07) is 20.6. The van der Waals surface area contributed by atoms with Gasteiger partial charge >= 0.3 is 0 Å². The van der Waals surface area contributed by atoms with Crippen LogP contribution in [0.3, 0.4) is 0 Å². The molecule has 3 rings (SSSR count). The molecule has 1 heterocycles. The summed E-state index contributed by atoms with van der Waals surface area (Å²) >= 11 is 0. The molecule has 1 atom stereocenters. The minimum Gasteiger partial charge on any atom is -0.361 e. The fraction of sp³-hybridized carbons (Fsp3) is 0.304. The lowest BCUT2D eigenvalue weighted by molar-refractivity contribution is -0.121. The van der Waals surface area contributed by atoms with Gasteiger partial charge in [-0.25, -0.2) is 0 Å². The SMILES string of the molecule is Cc1noc(C)c1CCC(=O)NC(C)C(c1ccccc1)c1ccccc1. The summed E-state index contributed by atoms with van der Waals surface area (Å²) in [6.07, 6.45) is 1.06. The average molecular weight is 362 g/mol. The number of nitrogens with zero attached hydrogens (tertiary/aromatic N) is 1. The van der Waals surface area contributed by atoms with E-state index < -0.39 is 0 Å². The van der Waals surface area contributed by atoms with Crippen LogP contribution in [0.1, 0.15) is 47.4 Å². The third-order valence-corrected chi connectivity index (χ3v) is 4.99. The van der Waals surface area contributed by atoms with Crippen molar-refractivity contribution in [1.29, 1.82) is 0 Å². The Balaban J connectivity index is 1.71. The lowest BCUT2D eigenvalue weighted by atomic mass is 9.85. The number of hydrogen-bond donors (Lipinski definition) is 1. The fourth-order valence-corrected chi connectivity index (χ4v) is 3.60. The summed E-state index contributed by atoms with van der Waals surface area (Å²) < 4.78 is 5.18. The molecular formula is C23H26N2O2. The number of amides is 1. The van der Waals surface area contributed by atoms with Gasteiger partial charge in [0, 0.05) is 23.9 Å². The van der Waals surface area contributed by atoms with Crippen molar-refractivity contribution in [3.05, 3.63) is 88.8 Å². The number of aryl methyl sites for hydroxylation is 2. The minimum absolute atomic E-state index is 0.0213. The van der Waals surface area contributed by atoms with E-state index in [1.54, 1.807) is 0 Å². The Bertz CT molecular complexity index is 813. The normalized spacial score (nSPS) is 12.1. The molecule has 4 nitrogen and oxygen atoms in total. The first-order chi connectivity index (χ1) is 13.1. The Morgan fingerprint density at radius 2 is 1.56 bits per heavy atom. The maximum atomic E-state index is 12.6. The molecule has 140 valence electrons. The second kappa shape index (κ2) is 8.67. The molecule has 0 aliphatic rings. The average Bonchev–Trinajstić information content (AvgIpc) is 3.00. The molecule has 0 aliphatic heterocycles. The first kappa shape index (κ1) is 18.9. The van der Waals surface area contributed by atoms with Crippen molar-refractivity contribution in [3.8, 4) is 0 Å². The van der Waals surface area contributed by atoms with E-state index in [4.69, 9.17) is 4.52 Å². The Kier molecular flexibility index (Phi) is 6.07. The van der Waals surface area contributed by atoms with Gasteiger partial charge in [-0.1, -0.05) is 65.8 Å². The number of carbonyl (C=O) groups excluding carboxylic acids is 1. The van der Waals surface area contributed by atoms with Crippen molar-refractivity contribution in [2.45, 2.75) is 45.6 Å². The molecule has 0 radical (unpaired) electrons. The van der Waals surface area contributed by atoms with Crippen molar-refractivity contribution >= 4 is 5.91 Å². The number of nitrogens with one attached hydrogen (secondary N) is 1. The van der Waals surface area contributed by atoms with Gasteiger partial charge in [-0.05, 0) is 38.3 Å². The van der Waals surface area contributed by atoms with Gasteiger partial charge < -0.3 is 9.84 Å². The molecule has 0 fully saturated rings. The predicted octanol–water partition coefficient (Wildman–Crippen LogP) is 4.56. The van der Waals surface area contributed by atoms with Gasteiger partial charge in [0.2, 0.25) is 5.91 Å². The van der Waals surface area contributed by atoms with Gasteiger partial charge in [0.25, 0.3) is 0 Å². The molecule has 1 aromatic heterocycles. The quantitative estimate of drug-likeness (QED) is 0.670. The molecule has 0 saturated carbocycles. The van der Waals surface area contributed by atoms with Gasteiger partial charge in [0.1, 0.15) is 5.76 Å². The number of carbonyl (C=O) groups is 1. The summed E-state index contributed by atoms with van der Waals surface area (Å²) in [6.45, 7) is 5.86. The molecule has 4 heteroatoms. The smallest absolute Gasteiger partial charge is 0.220 e. The molecule has 1 unspecified atom stereocenters. The highest BCUT2D eigenvalue weighted by Gasteiger charge is 2.23. The molecule has 0 aliphatic carbocycles.